The number of benzene rings is 2. The van der Waals surface area contributed by atoms with Crippen molar-refractivity contribution < 1.29 is 9.59 Å². The third-order valence-corrected chi connectivity index (χ3v) is 5.73. The van der Waals surface area contributed by atoms with Gasteiger partial charge in [0.25, 0.3) is 0 Å². The molecule has 1 N–H and O–H groups in total. The van der Waals surface area contributed by atoms with Crippen LogP contribution >= 0.6 is 0 Å². The van der Waals surface area contributed by atoms with Crippen molar-refractivity contribution in [3.63, 3.8) is 0 Å². The first kappa shape index (κ1) is 20.1. The van der Waals surface area contributed by atoms with E-state index in [0.29, 0.717) is 12.5 Å². The van der Waals surface area contributed by atoms with E-state index in [4.69, 9.17) is 4.99 Å². The first-order valence-electron chi connectivity index (χ1n) is 10.5. The first-order chi connectivity index (χ1) is 14.4. The predicted octanol–water partition coefficient (Wildman–Crippen LogP) is 5.31. The average molecular weight is 402 g/mol. The molecule has 1 heterocycles. The SMILES string of the molecule is C=C1CC(=NC2CCCC2)c2cc(-c3cccc(NC(C)=O)c3)ccc2N1C(C)=O. The number of nitrogens with zero attached hydrogens (tertiary/aromatic N) is 2. The largest absolute Gasteiger partial charge is 0.326 e. The van der Waals surface area contributed by atoms with E-state index in [9.17, 15) is 9.59 Å². The van der Waals surface area contributed by atoms with Crippen LogP contribution in [-0.2, 0) is 9.59 Å². The number of hydrogen-bond donors (Lipinski definition) is 1. The number of rotatable bonds is 3. The molecule has 0 saturated heterocycles. The molecule has 5 nitrogen and oxygen atoms in total. The second-order valence-electron chi connectivity index (χ2n) is 8.11. The Kier molecular flexibility index (Phi) is 5.53. The Hall–Kier alpha value is -3.21. The predicted molar refractivity (Wildman–Crippen MR) is 122 cm³/mol. The summed E-state index contributed by atoms with van der Waals surface area (Å²) in [6, 6.07) is 14.2. The molecular formula is C25H27N3O2. The van der Waals surface area contributed by atoms with Crippen LogP contribution in [0.25, 0.3) is 11.1 Å². The second kappa shape index (κ2) is 8.27. The highest BCUT2D eigenvalue weighted by Gasteiger charge is 2.28. The van der Waals surface area contributed by atoms with Crippen LogP contribution in [-0.4, -0.2) is 23.6 Å². The Balaban J connectivity index is 1.79. The lowest BCUT2D eigenvalue weighted by molar-refractivity contribution is -0.116. The fraction of sp³-hybridized carbons (Fsp3) is 0.320. The van der Waals surface area contributed by atoms with Crippen molar-refractivity contribution in [1.82, 2.24) is 0 Å². The Morgan fingerprint density at radius 1 is 1.07 bits per heavy atom. The topological polar surface area (TPSA) is 61.8 Å². The zero-order valence-corrected chi connectivity index (χ0v) is 17.6. The minimum absolute atomic E-state index is 0.0402. The lowest BCUT2D eigenvalue weighted by Gasteiger charge is -2.32. The zero-order valence-electron chi connectivity index (χ0n) is 17.6. The van der Waals surface area contributed by atoms with E-state index in [1.165, 1.54) is 19.8 Å². The van der Waals surface area contributed by atoms with Gasteiger partial charge in [-0.3, -0.25) is 19.5 Å². The van der Waals surface area contributed by atoms with Gasteiger partial charge in [0.15, 0.2) is 0 Å². The summed E-state index contributed by atoms with van der Waals surface area (Å²) in [5.74, 6) is -0.138. The van der Waals surface area contributed by atoms with Gasteiger partial charge in [0.05, 0.1) is 17.4 Å². The molecular weight excluding hydrogens is 374 g/mol. The summed E-state index contributed by atoms with van der Waals surface area (Å²) in [6.45, 7) is 7.21. The molecule has 1 fully saturated rings. The lowest BCUT2D eigenvalue weighted by atomic mass is 9.93. The molecule has 2 amide bonds. The summed E-state index contributed by atoms with van der Waals surface area (Å²) in [5.41, 5.74) is 6.41. The molecule has 0 spiro atoms. The van der Waals surface area contributed by atoms with Crippen LogP contribution in [0.5, 0.6) is 0 Å². The van der Waals surface area contributed by atoms with Gasteiger partial charge < -0.3 is 5.32 Å². The van der Waals surface area contributed by atoms with Crippen LogP contribution in [0.2, 0.25) is 0 Å². The number of allylic oxidation sites excluding steroid dienone is 1. The molecule has 2 aliphatic rings. The standard InChI is InChI=1S/C25H27N3O2/c1-16-13-24(27-21-8-4-5-9-21)23-15-20(11-12-25(23)28(16)18(3)30)19-7-6-10-22(14-19)26-17(2)29/h6-7,10-12,14-15,21H,1,4-5,8-9,13H2,2-3H3,(H,26,29). The molecule has 1 aliphatic carbocycles. The van der Waals surface area contributed by atoms with Gasteiger partial charge in [-0.05, 0) is 48.2 Å². The number of nitrogens with one attached hydrogen (secondary N) is 1. The van der Waals surface area contributed by atoms with Crippen molar-refractivity contribution in [2.24, 2.45) is 4.99 Å². The second-order valence-corrected chi connectivity index (χ2v) is 8.11. The fourth-order valence-electron chi connectivity index (χ4n) is 4.42. The Morgan fingerprint density at radius 3 is 2.50 bits per heavy atom. The van der Waals surface area contributed by atoms with E-state index in [1.54, 1.807) is 11.8 Å². The molecule has 0 radical (unpaired) electrons. The zero-order chi connectivity index (χ0) is 21.3. The summed E-state index contributed by atoms with van der Waals surface area (Å²) in [5, 5.41) is 2.83. The Morgan fingerprint density at radius 2 is 1.80 bits per heavy atom. The van der Waals surface area contributed by atoms with Crippen LogP contribution in [0.3, 0.4) is 0 Å². The van der Waals surface area contributed by atoms with Crippen molar-refractivity contribution in [2.45, 2.75) is 52.0 Å². The van der Waals surface area contributed by atoms with Crippen molar-refractivity contribution >= 4 is 28.9 Å². The van der Waals surface area contributed by atoms with Gasteiger partial charge in [0.2, 0.25) is 11.8 Å². The van der Waals surface area contributed by atoms with Crippen molar-refractivity contribution in [2.75, 3.05) is 10.2 Å². The summed E-state index contributed by atoms with van der Waals surface area (Å²) in [4.78, 5) is 30.5. The third-order valence-electron chi connectivity index (χ3n) is 5.73. The van der Waals surface area contributed by atoms with Crippen molar-refractivity contribution in [1.29, 1.82) is 0 Å². The molecule has 1 saturated carbocycles. The lowest BCUT2D eigenvalue weighted by Crippen LogP contribution is -2.34. The van der Waals surface area contributed by atoms with E-state index in [0.717, 1.165) is 52.3 Å². The summed E-state index contributed by atoms with van der Waals surface area (Å²) >= 11 is 0. The van der Waals surface area contributed by atoms with Gasteiger partial charge in [0, 0.05) is 37.2 Å². The maximum absolute atomic E-state index is 12.3. The van der Waals surface area contributed by atoms with Crippen LogP contribution in [0, 0.1) is 0 Å². The molecule has 2 aromatic rings. The normalized spacial score (nSPS) is 17.9. The van der Waals surface area contributed by atoms with E-state index in [1.807, 2.05) is 36.4 Å². The van der Waals surface area contributed by atoms with E-state index in [-0.39, 0.29) is 11.8 Å². The minimum Gasteiger partial charge on any atom is -0.326 e. The first-order valence-corrected chi connectivity index (χ1v) is 10.5. The summed E-state index contributed by atoms with van der Waals surface area (Å²) in [7, 11) is 0. The Bertz CT molecular complexity index is 1050. The molecule has 1 aliphatic heterocycles. The molecule has 0 aromatic heterocycles. The number of amides is 2. The van der Waals surface area contributed by atoms with Gasteiger partial charge in [-0.2, -0.15) is 0 Å². The number of hydrogen-bond acceptors (Lipinski definition) is 3. The molecule has 4 rings (SSSR count). The van der Waals surface area contributed by atoms with Crippen molar-refractivity contribution in [3.05, 3.63) is 60.3 Å². The number of fused-ring (bicyclic) bond motifs is 1. The highest BCUT2D eigenvalue weighted by atomic mass is 16.2. The molecule has 0 bridgehead atoms. The fourth-order valence-corrected chi connectivity index (χ4v) is 4.42. The average Bonchev–Trinajstić information content (AvgIpc) is 3.20. The quantitative estimate of drug-likeness (QED) is 0.757. The van der Waals surface area contributed by atoms with Gasteiger partial charge in [0.1, 0.15) is 0 Å². The number of carbonyl (C=O) groups is 2. The van der Waals surface area contributed by atoms with Crippen LogP contribution in [0.1, 0.15) is 51.5 Å². The van der Waals surface area contributed by atoms with Crippen LogP contribution in [0.15, 0.2) is 59.7 Å². The summed E-state index contributed by atoms with van der Waals surface area (Å²) < 4.78 is 0. The molecule has 0 atom stereocenters. The van der Waals surface area contributed by atoms with Gasteiger partial charge in [-0.1, -0.05) is 37.6 Å². The molecule has 2 aromatic carbocycles. The van der Waals surface area contributed by atoms with Crippen LogP contribution < -0.4 is 10.2 Å². The van der Waals surface area contributed by atoms with E-state index < -0.39 is 0 Å². The summed E-state index contributed by atoms with van der Waals surface area (Å²) in [6.07, 6.45) is 5.29. The van der Waals surface area contributed by atoms with Crippen LogP contribution in [0.4, 0.5) is 11.4 Å². The number of aliphatic imine (C=N–C) groups is 1. The van der Waals surface area contributed by atoms with Gasteiger partial charge >= 0.3 is 0 Å². The van der Waals surface area contributed by atoms with Gasteiger partial charge in [-0.15, -0.1) is 0 Å². The molecule has 0 unspecified atom stereocenters. The maximum Gasteiger partial charge on any atom is 0.228 e. The monoisotopic (exact) mass is 401 g/mol. The molecule has 30 heavy (non-hydrogen) atoms. The minimum atomic E-state index is -0.0980. The number of anilines is 2. The Labute approximate surface area is 177 Å². The third kappa shape index (κ3) is 4.06. The maximum atomic E-state index is 12.3. The highest BCUT2D eigenvalue weighted by molar-refractivity contribution is 6.14. The highest BCUT2D eigenvalue weighted by Crippen LogP contribution is 2.37. The van der Waals surface area contributed by atoms with Gasteiger partial charge in [-0.25, -0.2) is 0 Å². The smallest absolute Gasteiger partial charge is 0.228 e. The number of carbonyl (C=O) groups excluding carboxylic acids is 2. The van der Waals surface area contributed by atoms with E-state index in [2.05, 4.69) is 18.0 Å². The van der Waals surface area contributed by atoms with Crippen molar-refractivity contribution in [3.8, 4) is 11.1 Å². The van der Waals surface area contributed by atoms with E-state index >= 15 is 0 Å². The molecule has 154 valence electrons. The molecule has 5 heteroatoms.